The number of hydrogen-bond donors (Lipinski definition) is 1. The second kappa shape index (κ2) is 6.78. The fourth-order valence-electron chi connectivity index (χ4n) is 2.41. The summed E-state index contributed by atoms with van der Waals surface area (Å²) < 4.78 is 11.0. The highest BCUT2D eigenvalue weighted by atomic mass is 16.7. The zero-order valence-electron chi connectivity index (χ0n) is 11.9. The van der Waals surface area contributed by atoms with E-state index in [2.05, 4.69) is 24.0 Å². The molecule has 0 bridgehead atoms. The number of anilines is 1. The Kier molecular flexibility index (Phi) is 5.05. The van der Waals surface area contributed by atoms with Gasteiger partial charge in [0.05, 0.1) is 5.69 Å². The van der Waals surface area contributed by atoms with E-state index < -0.39 is 0 Å². The van der Waals surface area contributed by atoms with Crippen LogP contribution in [0.5, 0.6) is 5.75 Å². The number of nitrogens with zero attached hydrogens (tertiary/aromatic N) is 1. The second-order valence-electron chi connectivity index (χ2n) is 5.07. The first-order valence-corrected chi connectivity index (χ1v) is 7.02. The van der Waals surface area contributed by atoms with E-state index in [0.29, 0.717) is 13.4 Å². The van der Waals surface area contributed by atoms with Gasteiger partial charge in [0.15, 0.2) is 6.79 Å². The van der Waals surface area contributed by atoms with Crippen molar-refractivity contribution in [2.45, 2.75) is 32.7 Å². The Morgan fingerprint density at radius 2 is 2.26 bits per heavy atom. The van der Waals surface area contributed by atoms with Gasteiger partial charge in [-0.15, -0.1) is 0 Å². The Hall–Kier alpha value is -1.26. The molecule has 1 aromatic carbocycles. The third kappa shape index (κ3) is 3.85. The van der Waals surface area contributed by atoms with Crippen LogP contribution in [0.15, 0.2) is 18.2 Å². The molecule has 0 amide bonds. The molecule has 106 valence electrons. The van der Waals surface area contributed by atoms with E-state index in [1.54, 1.807) is 0 Å². The van der Waals surface area contributed by atoms with Crippen molar-refractivity contribution in [2.75, 3.05) is 31.4 Å². The molecule has 4 heteroatoms. The molecule has 1 aliphatic rings. The summed E-state index contributed by atoms with van der Waals surface area (Å²) in [5.74, 6) is 0.883. The molecule has 1 saturated heterocycles. The van der Waals surface area contributed by atoms with Gasteiger partial charge in [-0.2, -0.15) is 0 Å². The number of benzene rings is 1. The van der Waals surface area contributed by atoms with Crippen molar-refractivity contribution in [3.05, 3.63) is 23.8 Å². The van der Waals surface area contributed by atoms with Gasteiger partial charge in [0.2, 0.25) is 0 Å². The maximum absolute atomic E-state index is 6.07. The van der Waals surface area contributed by atoms with E-state index in [9.17, 15) is 0 Å². The lowest BCUT2D eigenvalue weighted by molar-refractivity contribution is 0.0226. The summed E-state index contributed by atoms with van der Waals surface area (Å²) >= 11 is 0. The number of rotatable bonds is 5. The molecule has 1 fully saturated rings. The van der Waals surface area contributed by atoms with E-state index in [4.69, 9.17) is 15.2 Å². The second-order valence-corrected chi connectivity index (χ2v) is 5.07. The Bertz CT molecular complexity index is 409. The molecule has 2 rings (SSSR count). The van der Waals surface area contributed by atoms with Crippen LogP contribution in [0.2, 0.25) is 0 Å². The fraction of sp³-hybridized carbons (Fsp3) is 0.600. The van der Waals surface area contributed by atoms with Crippen LogP contribution in [-0.2, 0) is 4.74 Å². The van der Waals surface area contributed by atoms with Crippen LogP contribution >= 0.6 is 0 Å². The first kappa shape index (κ1) is 14.2. The normalized spacial score (nSPS) is 19.5. The minimum absolute atomic E-state index is 0.258. The zero-order valence-corrected chi connectivity index (χ0v) is 11.9. The Balaban J connectivity index is 2.13. The highest BCUT2D eigenvalue weighted by molar-refractivity contribution is 5.60. The number of nitrogens with two attached hydrogens (primary N) is 1. The molecular weight excluding hydrogens is 240 g/mol. The standard InChI is InChI=1S/C15H24N2O2/c1-3-18-11-19-15-7-6-12(2)9-14(15)17-8-4-5-13(16)10-17/h6-7,9,13H,3-5,8,10-11,16H2,1-2H3. The van der Waals surface area contributed by atoms with Gasteiger partial charge >= 0.3 is 0 Å². The Labute approximate surface area is 115 Å². The van der Waals surface area contributed by atoms with Crippen LogP contribution in [0.4, 0.5) is 5.69 Å². The maximum Gasteiger partial charge on any atom is 0.189 e. The van der Waals surface area contributed by atoms with Crippen LogP contribution in [0.1, 0.15) is 25.3 Å². The molecule has 0 spiro atoms. The fourth-order valence-corrected chi connectivity index (χ4v) is 2.41. The Morgan fingerprint density at radius 3 is 3.00 bits per heavy atom. The van der Waals surface area contributed by atoms with E-state index in [-0.39, 0.29) is 6.04 Å². The molecule has 0 aliphatic carbocycles. The van der Waals surface area contributed by atoms with Crippen LogP contribution in [0.3, 0.4) is 0 Å². The van der Waals surface area contributed by atoms with Crippen molar-refractivity contribution in [2.24, 2.45) is 5.73 Å². The van der Waals surface area contributed by atoms with Crippen molar-refractivity contribution in [1.29, 1.82) is 0 Å². The quantitative estimate of drug-likeness (QED) is 0.655. The van der Waals surface area contributed by atoms with Gasteiger partial charge in [-0.25, -0.2) is 0 Å². The summed E-state index contributed by atoms with van der Waals surface area (Å²) in [6, 6.07) is 6.51. The van der Waals surface area contributed by atoms with Gasteiger partial charge in [-0.3, -0.25) is 0 Å². The van der Waals surface area contributed by atoms with E-state index >= 15 is 0 Å². The Morgan fingerprint density at radius 1 is 1.42 bits per heavy atom. The maximum atomic E-state index is 6.07. The largest absolute Gasteiger partial charge is 0.465 e. The van der Waals surface area contributed by atoms with Crippen LogP contribution in [-0.4, -0.2) is 32.5 Å². The highest BCUT2D eigenvalue weighted by Gasteiger charge is 2.20. The molecule has 1 heterocycles. The molecule has 0 saturated carbocycles. The van der Waals surface area contributed by atoms with Gasteiger partial charge in [-0.1, -0.05) is 6.07 Å². The molecular formula is C15H24N2O2. The van der Waals surface area contributed by atoms with Crippen LogP contribution < -0.4 is 15.4 Å². The third-order valence-electron chi connectivity index (χ3n) is 3.41. The van der Waals surface area contributed by atoms with Crippen LogP contribution in [0.25, 0.3) is 0 Å². The van der Waals surface area contributed by atoms with Crippen molar-refractivity contribution >= 4 is 5.69 Å². The summed E-state index contributed by atoms with van der Waals surface area (Å²) in [6.45, 7) is 6.96. The first-order chi connectivity index (χ1) is 9.20. The molecule has 0 aromatic heterocycles. The molecule has 1 atom stereocenters. The highest BCUT2D eigenvalue weighted by Crippen LogP contribution is 2.31. The smallest absolute Gasteiger partial charge is 0.189 e. The van der Waals surface area contributed by atoms with Gasteiger partial charge < -0.3 is 20.1 Å². The molecule has 19 heavy (non-hydrogen) atoms. The minimum Gasteiger partial charge on any atom is -0.465 e. The number of piperidine rings is 1. The average Bonchev–Trinajstić information content (AvgIpc) is 2.40. The first-order valence-electron chi connectivity index (χ1n) is 7.02. The van der Waals surface area contributed by atoms with E-state index in [0.717, 1.165) is 37.4 Å². The summed E-state index contributed by atoms with van der Waals surface area (Å²) in [4.78, 5) is 2.32. The van der Waals surface area contributed by atoms with Gasteiger partial charge in [-0.05, 0) is 44.4 Å². The lowest BCUT2D eigenvalue weighted by Gasteiger charge is -2.33. The summed E-state index contributed by atoms with van der Waals surface area (Å²) in [7, 11) is 0. The predicted molar refractivity (Wildman–Crippen MR) is 77.7 cm³/mol. The predicted octanol–water partition coefficient (Wildman–Crippen LogP) is 2.30. The zero-order chi connectivity index (χ0) is 13.7. The SMILES string of the molecule is CCOCOc1ccc(C)cc1N1CCCC(N)C1. The van der Waals surface area contributed by atoms with E-state index in [1.165, 1.54) is 5.56 Å². The lowest BCUT2D eigenvalue weighted by atomic mass is 10.0. The number of hydrogen-bond acceptors (Lipinski definition) is 4. The number of ether oxygens (including phenoxy) is 2. The van der Waals surface area contributed by atoms with Gasteiger partial charge in [0.25, 0.3) is 0 Å². The average molecular weight is 264 g/mol. The molecule has 1 aromatic rings. The lowest BCUT2D eigenvalue weighted by Crippen LogP contribution is -2.43. The molecule has 0 radical (unpaired) electrons. The van der Waals surface area contributed by atoms with Gasteiger partial charge in [0.1, 0.15) is 5.75 Å². The van der Waals surface area contributed by atoms with Crippen molar-refractivity contribution in [3.8, 4) is 5.75 Å². The minimum atomic E-state index is 0.258. The summed E-state index contributed by atoms with van der Waals surface area (Å²) in [5.41, 5.74) is 8.43. The van der Waals surface area contributed by atoms with Crippen molar-refractivity contribution < 1.29 is 9.47 Å². The molecule has 1 aliphatic heterocycles. The monoisotopic (exact) mass is 264 g/mol. The molecule has 4 nitrogen and oxygen atoms in total. The van der Waals surface area contributed by atoms with Crippen molar-refractivity contribution in [3.63, 3.8) is 0 Å². The van der Waals surface area contributed by atoms with E-state index in [1.807, 2.05) is 13.0 Å². The molecule has 1 unspecified atom stereocenters. The van der Waals surface area contributed by atoms with Crippen LogP contribution in [0, 0.1) is 6.92 Å². The topological polar surface area (TPSA) is 47.7 Å². The summed E-state index contributed by atoms with van der Waals surface area (Å²) in [6.07, 6.45) is 2.25. The summed E-state index contributed by atoms with van der Waals surface area (Å²) in [5, 5.41) is 0. The third-order valence-corrected chi connectivity index (χ3v) is 3.41. The number of aryl methyl sites for hydroxylation is 1. The van der Waals surface area contributed by atoms with Gasteiger partial charge in [0, 0.05) is 25.7 Å². The molecule has 2 N–H and O–H groups in total. The van der Waals surface area contributed by atoms with Crippen molar-refractivity contribution in [1.82, 2.24) is 0 Å².